The molecule has 0 fully saturated rings. The van der Waals surface area contributed by atoms with Gasteiger partial charge in [0, 0.05) is 12.1 Å². The molecule has 2 N–H and O–H groups in total. The zero-order valence-corrected chi connectivity index (χ0v) is 12.9. The molecular formula is C18H23NO2. The topological polar surface area (TPSA) is 44.5 Å². The average Bonchev–Trinajstić information content (AvgIpc) is 2.53. The molecule has 0 aliphatic heterocycles. The lowest BCUT2D eigenvalue weighted by Crippen LogP contribution is -2.19. The van der Waals surface area contributed by atoms with E-state index in [4.69, 9.17) is 15.2 Å². The second-order valence-corrected chi connectivity index (χ2v) is 5.31. The lowest BCUT2D eigenvalue weighted by atomic mass is 10.0. The molecule has 0 radical (unpaired) electrons. The Labute approximate surface area is 126 Å². The highest BCUT2D eigenvalue weighted by molar-refractivity contribution is 5.37. The van der Waals surface area contributed by atoms with Crippen molar-refractivity contribution in [3.05, 3.63) is 59.7 Å². The van der Waals surface area contributed by atoms with Crippen molar-refractivity contribution in [3.63, 3.8) is 0 Å². The van der Waals surface area contributed by atoms with Crippen molar-refractivity contribution in [2.75, 3.05) is 13.7 Å². The summed E-state index contributed by atoms with van der Waals surface area (Å²) in [6.45, 7) is 4.74. The summed E-state index contributed by atoms with van der Waals surface area (Å²) >= 11 is 0. The van der Waals surface area contributed by atoms with E-state index in [1.807, 2.05) is 36.4 Å². The minimum Gasteiger partial charge on any atom is -0.496 e. The molecule has 2 aromatic rings. The minimum absolute atomic E-state index is 0.217. The predicted octanol–water partition coefficient (Wildman–Crippen LogP) is 3.90. The van der Waals surface area contributed by atoms with E-state index in [1.165, 1.54) is 5.56 Å². The fourth-order valence-corrected chi connectivity index (χ4v) is 2.27. The second-order valence-electron chi connectivity index (χ2n) is 5.31. The van der Waals surface area contributed by atoms with Crippen molar-refractivity contribution in [1.29, 1.82) is 0 Å². The van der Waals surface area contributed by atoms with Gasteiger partial charge in [0.1, 0.15) is 17.6 Å². The molecule has 0 aliphatic rings. The van der Waals surface area contributed by atoms with Crippen LogP contribution in [0.15, 0.2) is 48.5 Å². The number of para-hydroxylation sites is 1. The molecule has 0 saturated heterocycles. The number of nitrogens with two attached hydrogens (primary N) is 1. The van der Waals surface area contributed by atoms with Crippen LogP contribution < -0.4 is 15.2 Å². The molecule has 0 spiro atoms. The van der Waals surface area contributed by atoms with Gasteiger partial charge in [0.2, 0.25) is 0 Å². The first-order valence-electron chi connectivity index (χ1n) is 7.25. The van der Waals surface area contributed by atoms with E-state index in [-0.39, 0.29) is 6.10 Å². The molecule has 3 heteroatoms. The first-order chi connectivity index (χ1) is 10.2. The first kappa shape index (κ1) is 15.4. The number of hydrogen-bond donors (Lipinski definition) is 1. The molecule has 0 aliphatic carbocycles. The maximum atomic E-state index is 6.02. The third-order valence-corrected chi connectivity index (χ3v) is 3.52. The van der Waals surface area contributed by atoms with Crippen molar-refractivity contribution in [1.82, 2.24) is 0 Å². The summed E-state index contributed by atoms with van der Waals surface area (Å²) in [5, 5.41) is 0. The molecule has 21 heavy (non-hydrogen) atoms. The van der Waals surface area contributed by atoms with Crippen LogP contribution in [-0.2, 0) is 0 Å². The van der Waals surface area contributed by atoms with Crippen molar-refractivity contribution >= 4 is 0 Å². The Morgan fingerprint density at radius 1 is 1.00 bits per heavy atom. The van der Waals surface area contributed by atoms with Gasteiger partial charge < -0.3 is 15.2 Å². The van der Waals surface area contributed by atoms with E-state index < -0.39 is 0 Å². The molecule has 0 heterocycles. The van der Waals surface area contributed by atoms with Gasteiger partial charge in [0.25, 0.3) is 0 Å². The Morgan fingerprint density at radius 2 is 1.67 bits per heavy atom. The van der Waals surface area contributed by atoms with E-state index in [9.17, 15) is 0 Å². The molecule has 0 amide bonds. The van der Waals surface area contributed by atoms with Crippen LogP contribution in [0.5, 0.6) is 11.5 Å². The van der Waals surface area contributed by atoms with E-state index in [0.717, 1.165) is 17.1 Å². The lowest BCUT2D eigenvalue weighted by Gasteiger charge is -2.20. The maximum Gasteiger partial charge on any atom is 0.139 e. The Kier molecular flexibility index (Phi) is 5.23. The third kappa shape index (κ3) is 3.76. The monoisotopic (exact) mass is 285 g/mol. The Bertz CT molecular complexity index is 564. The molecule has 3 nitrogen and oxygen atoms in total. The van der Waals surface area contributed by atoms with Gasteiger partial charge in [-0.05, 0) is 29.7 Å². The van der Waals surface area contributed by atoms with Crippen LogP contribution in [0.2, 0.25) is 0 Å². The Morgan fingerprint density at radius 3 is 2.24 bits per heavy atom. The quantitative estimate of drug-likeness (QED) is 0.875. The van der Waals surface area contributed by atoms with Crippen LogP contribution in [0.25, 0.3) is 0 Å². The van der Waals surface area contributed by atoms with Crippen LogP contribution in [0, 0.1) is 0 Å². The van der Waals surface area contributed by atoms with Gasteiger partial charge in [0.15, 0.2) is 0 Å². The van der Waals surface area contributed by atoms with Gasteiger partial charge in [-0.15, -0.1) is 0 Å². The summed E-state index contributed by atoms with van der Waals surface area (Å²) in [6, 6.07) is 16.0. The van der Waals surface area contributed by atoms with Crippen molar-refractivity contribution < 1.29 is 9.47 Å². The van der Waals surface area contributed by atoms with Crippen LogP contribution >= 0.6 is 0 Å². The van der Waals surface area contributed by atoms with Gasteiger partial charge >= 0.3 is 0 Å². The SMILES string of the molecule is COc1ccccc1C(CN)Oc1ccc(C(C)C)cc1. The Balaban J connectivity index is 2.19. The van der Waals surface area contributed by atoms with Gasteiger partial charge in [-0.3, -0.25) is 0 Å². The molecule has 2 rings (SSSR count). The first-order valence-corrected chi connectivity index (χ1v) is 7.25. The van der Waals surface area contributed by atoms with Crippen LogP contribution in [0.1, 0.15) is 37.0 Å². The molecule has 1 unspecified atom stereocenters. The summed E-state index contributed by atoms with van der Waals surface area (Å²) in [5.41, 5.74) is 8.14. The molecule has 112 valence electrons. The van der Waals surface area contributed by atoms with Crippen molar-refractivity contribution in [3.8, 4) is 11.5 Å². The van der Waals surface area contributed by atoms with Crippen molar-refractivity contribution in [2.24, 2.45) is 5.73 Å². The summed E-state index contributed by atoms with van der Waals surface area (Å²) < 4.78 is 11.4. The smallest absolute Gasteiger partial charge is 0.139 e. The standard InChI is InChI=1S/C18H23NO2/c1-13(2)14-8-10-15(11-9-14)21-18(12-19)16-6-4-5-7-17(16)20-3/h4-11,13,18H,12,19H2,1-3H3. The minimum atomic E-state index is -0.217. The van der Waals surface area contributed by atoms with Gasteiger partial charge in [0.05, 0.1) is 7.11 Å². The number of hydrogen-bond acceptors (Lipinski definition) is 3. The van der Waals surface area contributed by atoms with E-state index in [0.29, 0.717) is 12.5 Å². The highest BCUT2D eigenvalue weighted by Crippen LogP contribution is 2.29. The number of rotatable bonds is 6. The summed E-state index contributed by atoms with van der Waals surface area (Å²) in [7, 11) is 1.66. The second kappa shape index (κ2) is 7.14. The maximum absolute atomic E-state index is 6.02. The van der Waals surface area contributed by atoms with Crippen molar-refractivity contribution in [2.45, 2.75) is 25.9 Å². The summed E-state index contributed by atoms with van der Waals surface area (Å²) in [5.74, 6) is 2.13. The fourth-order valence-electron chi connectivity index (χ4n) is 2.27. The summed E-state index contributed by atoms with van der Waals surface area (Å²) in [6.07, 6.45) is -0.217. The zero-order valence-electron chi connectivity index (χ0n) is 12.9. The van der Waals surface area contributed by atoms with Gasteiger partial charge in [-0.2, -0.15) is 0 Å². The number of methoxy groups -OCH3 is 1. The Hall–Kier alpha value is -2.00. The predicted molar refractivity (Wildman–Crippen MR) is 85.9 cm³/mol. The third-order valence-electron chi connectivity index (χ3n) is 3.52. The van der Waals surface area contributed by atoms with Gasteiger partial charge in [-0.1, -0.05) is 44.2 Å². The molecule has 2 aromatic carbocycles. The molecule has 0 saturated carbocycles. The van der Waals surface area contributed by atoms with E-state index in [1.54, 1.807) is 7.11 Å². The van der Waals surface area contributed by atoms with Gasteiger partial charge in [-0.25, -0.2) is 0 Å². The summed E-state index contributed by atoms with van der Waals surface area (Å²) in [4.78, 5) is 0. The molecule has 0 bridgehead atoms. The molecule has 0 aromatic heterocycles. The highest BCUT2D eigenvalue weighted by atomic mass is 16.5. The van der Waals surface area contributed by atoms with Crippen LogP contribution in [0.3, 0.4) is 0 Å². The van der Waals surface area contributed by atoms with Crippen LogP contribution in [0.4, 0.5) is 0 Å². The van der Waals surface area contributed by atoms with Crippen LogP contribution in [-0.4, -0.2) is 13.7 Å². The number of benzene rings is 2. The number of ether oxygens (including phenoxy) is 2. The average molecular weight is 285 g/mol. The largest absolute Gasteiger partial charge is 0.496 e. The molecular weight excluding hydrogens is 262 g/mol. The highest BCUT2D eigenvalue weighted by Gasteiger charge is 2.16. The normalized spacial score (nSPS) is 12.2. The fraction of sp³-hybridized carbons (Fsp3) is 0.333. The lowest BCUT2D eigenvalue weighted by molar-refractivity contribution is 0.209. The van der Waals surface area contributed by atoms with E-state index >= 15 is 0 Å². The zero-order chi connectivity index (χ0) is 15.2. The van der Waals surface area contributed by atoms with E-state index in [2.05, 4.69) is 26.0 Å². The molecule has 1 atom stereocenters.